The summed E-state index contributed by atoms with van der Waals surface area (Å²) in [5.74, 6) is 0.906. The lowest BCUT2D eigenvalue weighted by atomic mass is 10.1. The molecule has 1 aromatic carbocycles. The second-order valence-corrected chi connectivity index (χ2v) is 3.91. The summed E-state index contributed by atoms with van der Waals surface area (Å²) in [4.78, 5) is 2.26. The van der Waals surface area contributed by atoms with E-state index in [0.717, 1.165) is 25.1 Å². The van der Waals surface area contributed by atoms with Gasteiger partial charge in [0, 0.05) is 18.3 Å². The minimum Gasteiger partial charge on any atom is -0.497 e. The topological polar surface area (TPSA) is 38.5 Å². The number of methoxy groups -OCH3 is 1. The van der Waals surface area contributed by atoms with E-state index in [-0.39, 0.29) is 6.17 Å². The van der Waals surface area contributed by atoms with Crippen LogP contribution in [-0.2, 0) is 6.42 Å². The number of hydrogen-bond acceptors (Lipinski definition) is 3. The first-order valence-corrected chi connectivity index (χ1v) is 5.45. The van der Waals surface area contributed by atoms with Gasteiger partial charge >= 0.3 is 0 Å². The van der Waals surface area contributed by atoms with Crippen LogP contribution in [0, 0.1) is 0 Å². The summed E-state index contributed by atoms with van der Waals surface area (Å²) in [5, 5.41) is 0. The summed E-state index contributed by atoms with van der Waals surface area (Å²) < 4.78 is 5.23. The Kier molecular flexibility index (Phi) is 2.82. The molecule has 1 heterocycles. The highest BCUT2D eigenvalue weighted by atomic mass is 16.5. The van der Waals surface area contributed by atoms with Gasteiger partial charge in [0.1, 0.15) is 5.75 Å². The number of rotatable bonds is 3. The number of hydrogen-bond donors (Lipinski definition) is 1. The summed E-state index contributed by atoms with van der Waals surface area (Å²) in [6, 6.07) is 6.23. The van der Waals surface area contributed by atoms with Crippen LogP contribution in [0.15, 0.2) is 18.2 Å². The first kappa shape index (κ1) is 10.3. The number of fused-ring (bicyclic) bond motifs is 1. The van der Waals surface area contributed by atoms with Crippen molar-refractivity contribution in [2.75, 3.05) is 18.6 Å². The fourth-order valence-corrected chi connectivity index (χ4v) is 2.08. The molecule has 3 heteroatoms. The third-order valence-electron chi connectivity index (χ3n) is 3.04. The molecule has 1 aliphatic heterocycles. The summed E-state index contributed by atoms with van der Waals surface area (Å²) in [5.41, 5.74) is 8.68. The Morgan fingerprint density at radius 1 is 1.53 bits per heavy atom. The zero-order chi connectivity index (χ0) is 10.8. The normalized spacial score (nSPS) is 16.3. The maximum absolute atomic E-state index is 6.07. The summed E-state index contributed by atoms with van der Waals surface area (Å²) in [6.45, 7) is 3.14. The number of ether oxygens (including phenoxy) is 1. The van der Waals surface area contributed by atoms with Crippen LogP contribution in [0.5, 0.6) is 5.75 Å². The molecule has 0 bridgehead atoms. The highest BCUT2D eigenvalue weighted by Crippen LogP contribution is 2.32. The lowest BCUT2D eigenvalue weighted by Gasteiger charge is -2.26. The number of nitrogens with two attached hydrogens (primary N) is 1. The third-order valence-corrected chi connectivity index (χ3v) is 3.04. The second-order valence-electron chi connectivity index (χ2n) is 3.91. The molecule has 0 saturated carbocycles. The van der Waals surface area contributed by atoms with Crippen molar-refractivity contribution in [3.63, 3.8) is 0 Å². The van der Waals surface area contributed by atoms with Gasteiger partial charge in [-0.25, -0.2) is 0 Å². The van der Waals surface area contributed by atoms with Crippen LogP contribution in [0.1, 0.15) is 18.9 Å². The van der Waals surface area contributed by atoms with Gasteiger partial charge in [-0.05, 0) is 24.5 Å². The SMILES string of the molecule is CCC(N)N1CCc2ccc(OC)cc21. The lowest BCUT2D eigenvalue weighted by molar-refractivity contribution is 0.414. The molecule has 1 aliphatic rings. The van der Waals surface area contributed by atoms with Gasteiger partial charge in [0.05, 0.1) is 13.3 Å². The fraction of sp³-hybridized carbons (Fsp3) is 0.500. The molecule has 0 fully saturated rings. The van der Waals surface area contributed by atoms with E-state index < -0.39 is 0 Å². The smallest absolute Gasteiger partial charge is 0.120 e. The average Bonchev–Trinajstić information content (AvgIpc) is 2.70. The molecule has 0 aliphatic carbocycles. The Balaban J connectivity index is 2.31. The van der Waals surface area contributed by atoms with E-state index in [4.69, 9.17) is 10.5 Å². The van der Waals surface area contributed by atoms with Gasteiger partial charge in [-0.15, -0.1) is 0 Å². The fourth-order valence-electron chi connectivity index (χ4n) is 2.08. The maximum Gasteiger partial charge on any atom is 0.120 e. The van der Waals surface area contributed by atoms with E-state index in [2.05, 4.69) is 24.0 Å². The van der Waals surface area contributed by atoms with Crippen molar-refractivity contribution >= 4 is 5.69 Å². The Labute approximate surface area is 90.8 Å². The molecule has 0 aromatic heterocycles. The van der Waals surface area contributed by atoms with Crippen molar-refractivity contribution in [1.82, 2.24) is 0 Å². The first-order chi connectivity index (χ1) is 7.26. The second kappa shape index (κ2) is 4.11. The molecular formula is C12H18N2O. The third kappa shape index (κ3) is 1.79. The molecule has 1 aromatic rings. The Hall–Kier alpha value is -1.22. The molecule has 0 radical (unpaired) electrons. The van der Waals surface area contributed by atoms with Crippen LogP contribution in [0.3, 0.4) is 0 Å². The first-order valence-electron chi connectivity index (χ1n) is 5.45. The summed E-state index contributed by atoms with van der Waals surface area (Å²) in [6.07, 6.45) is 2.18. The van der Waals surface area contributed by atoms with E-state index in [1.807, 2.05) is 6.07 Å². The van der Waals surface area contributed by atoms with E-state index >= 15 is 0 Å². The molecule has 2 N–H and O–H groups in total. The standard InChI is InChI=1S/C12H18N2O/c1-3-12(13)14-7-6-9-4-5-10(15-2)8-11(9)14/h4-5,8,12H,3,6-7,13H2,1-2H3. The molecule has 3 nitrogen and oxygen atoms in total. The van der Waals surface area contributed by atoms with Crippen molar-refractivity contribution in [2.24, 2.45) is 5.73 Å². The molecule has 0 saturated heterocycles. The molecule has 15 heavy (non-hydrogen) atoms. The maximum atomic E-state index is 6.07. The Morgan fingerprint density at radius 3 is 3.00 bits per heavy atom. The summed E-state index contributed by atoms with van der Waals surface area (Å²) >= 11 is 0. The number of benzene rings is 1. The van der Waals surface area contributed by atoms with Gasteiger partial charge in [0.2, 0.25) is 0 Å². The van der Waals surface area contributed by atoms with Gasteiger partial charge in [0.25, 0.3) is 0 Å². The highest BCUT2D eigenvalue weighted by Gasteiger charge is 2.22. The number of anilines is 1. The molecular weight excluding hydrogens is 188 g/mol. The van der Waals surface area contributed by atoms with Crippen LogP contribution in [0.25, 0.3) is 0 Å². The largest absolute Gasteiger partial charge is 0.497 e. The average molecular weight is 206 g/mol. The minimum absolute atomic E-state index is 0.123. The van der Waals surface area contributed by atoms with Gasteiger partial charge < -0.3 is 15.4 Å². The zero-order valence-corrected chi connectivity index (χ0v) is 9.36. The van der Waals surface area contributed by atoms with Crippen molar-refractivity contribution in [3.05, 3.63) is 23.8 Å². The van der Waals surface area contributed by atoms with Gasteiger partial charge in [-0.2, -0.15) is 0 Å². The Bertz CT molecular complexity index is 351. The quantitative estimate of drug-likeness (QED) is 0.819. The monoisotopic (exact) mass is 206 g/mol. The van der Waals surface area contributed by atoms with Crippen molar-refractivity contribution in [1.29, 1.82) is 0 Å². The molecule has 82 valence electrons. The molecule has 1 unspecified atom stereocenters. The van der Waals surface area contributed by atoms with E-state index in [1.165, 1.54) is 11.3 Å². The van der Waals surface area contributed by atoms with Crippen molar-refractivity contribution in [3.8, 4) is 5.75 Å². The van der Waals surface area contributed by atoms with E-state index in [1.54, 1.807) is 7.11 Å². The lowest BCUT2D eigenvalue weighted by Crippen LogP contribution is -2.40. The Morgan fingerprint density at radius 2 is 2.33 bits per heavy atom. The summed E-state index contributed by atoms with van der Waals surface area (Å²) in [7, 11) is 1.70. The van der Waals surface area contributed by atoms with Crippen molar-refractivity contribution < 1.29 is 4.74 Å². The van der Waals surface area contributed by atoms with E-state index in [9.17, 15) is 0 Å². The highest BCUT2D eigenvalue weighted by molar-refractivity contribution is 5.61. The van der Waals surface area contributed by atoms with Gasteiger partial charge in [-0.3, -0.25) is 0 Å². The molecule has 1 atom stereocenters. The molecule has 0 spiro atoms. The number of nitrogens with zero attached hydrogens (tertiary/aromatic N) is 1. The predicted octanol–water partition coefficient (Wildman–Crippen LogP) is 1.75. The van der Waals surface area contributed by atoms with Crippen LogP contribution in [0.2, 0.25) is 0 Å². The van der Waals surface area contributed by atoms with Gasteiger partial charge in [0.15, 0.2) is 0 Å². The minimum atomic E-state index is 0.123. The zero-order valence-electron chi connectivity index (χ0n) is 9.36. The van der Waals surface area contributed by atoms with E-state index in [0.29, 0.717) is 0 Å². The molecule has 2 rings (SSSR count). The molecule has 0 amide bonds. The van der Waals surface area contributed by atoms with Crippen LogP contribution >= 0.6 is 0 Å². The van der Waals surface area contributed by atoms with Gasteiger partial charge in [-0.1, -0.05) is 13.0 Å². The van der Waals surface area contributed by atoms with Crippen LogP contribution in [0.4, 0.5) is 5.69 Å². The van der Waals surface area contributed by atoms with Crippen LogP contribution in [-0.4, -0.2) is 19.8 Å². The van der Waals surface area contributed by atoms with Crippen molar-refractivity contribution in [2.45, 2.75) is 25.9 Å². The predicted molar refractivity (Wildman–Crippen MR) is 62.3 cm³/mol. The van der Waals surface area contributed by atoms with Crippen LogP contribution < -0.4 is 15.4 Å².